The van der Waals surface area contributed by atoms with Crippen LogP contribution >= 0.6 is 0 Å². The fraction of sp³-hybridized carbons (Fsp3) is 0.0870. The van der Waals surface area contributed by atoms with Gasteiger partial charge in [-0.25, -0.2) is 0 Å². The number of nitro groups is 1. The Bertz CT molecular complexity index is 1020. The molecule has 0 aliphatic heterocycles. The van der Waals surface area contributed by atoms with Crippen molar-refractivity contribution in [2.24, 2.45) is 0 Å². The molecule has 0 atom stereocenters. The second-order valence-electron chi connectivity index (χ2n) is 6.60. The van der Waals surface area contributed by atoms with Crippen molar-refractivity contribution in [2.75, 3.05) is 5.32 Å². The summed E-state index contributed by atoms with van der Waals surface area (Å²) in [5.41, 5.74) is 4.83. The average molecular weight is 372 g/mol. The van der Waals surface area contributed by atoms with Crippen molar-refractivity contribution in [2.45, 2.75) is 13.8 Å². The summed E-state index contributed by atoms with van der Waals surface area (Å²) in [6, 6.07) is 21.3. The number of amides is 1. The standard InChI is InChI=1S/C23H20N2O3/c1-16-12-17(2)14-20(13-16)24-23(26)22(19-6-4-3-5-7-19)15-18-8-10-21(11-9-18)25(27)28/h3-15H,1-2H3,(H,24,26)/b22-15+. The molecule has 0 bridgehead atoms. The molecule has 3 aromatic carbocycles. The van der Waals surface area contributed by atoms with E-state index in [-0.39, 0.29) is 11.6 Å². The van der Waals surface area contributed by atoms with Crippen LogP contribution in [0.2, 0.25) is 0 Å². The third-order valence-electron chi connectivity index (χ3n) is 4.22. The smallest absolute Gasteiger partial charge is 0.269 e. The van der Waals surface area contributed by atoms with Gasteiger partial charge in [-0.05, 0) is 66.4 Å². The number of hydrogen-bond donors (Lipinski definition) is 1. The quantitative estimate of drug-likeness (QED) is 0.282. The van der Waals surface area contributed by atoms with Crippen LogP contribution in [0.15, 0.2) is 72.8 Å². The maximum absolute atomic E-state index is 13.0. The minimum absolute atomic E-state index is 0.0121. The number of non-ortho nitro benzene ring substituents is 1. The Hall–Kier alpha value is -3.73. The molecular formula is C23H20N2O3. The number of carbonyl (C=O) groups is 1. The summed E-state index contributed by atoms with van der Waals surface area (Å²) in [6.45, 7) is 3.96. The fourth-order valence-corrected chi connectivity index (χ4v) is 3.00. The van der Waals surface area contributed by atoms with Crippen LogP contribution in [0.3, 0.4) is 0 Å². The number of nitrogens with zero attached hydrogens (tertiary/aromatic N) is 1. The highest BCUT2D eigenvalue weighted by Gasteiger charge is 2.13. The second-order valence-corrected chi connectivity index (χ2v) is 6.60. The highest BCUT2D eigenvalue weighted by molar-refractivity contribution is 6.29. The zero-order valence-electron chi connectivity index (χ0n) is 15.7. The molecule has 0 aliphatic rings. The lowest BCUT2D eigenvalue weighted by Crippen LogP contribution is -2.14. The van der Waals surface area contributed by atoms with Crippen molar-refractivity contribution in [1.82, 2.24) is 0 Å². The molecule has 0 aliphatic carbocycles. The Morgan fingerprint density at radius 3 is 2.11 bits per heavy atom. The van der Waals surface area contributed by atoms with Gasteiger partial charge in [0.05, 0.1) is 4.92 Å². The van der Waals surface area contributed by atoms with Gasteiger partial charge in [-0.3, -0.25) is 14.9 Å². The summed E-state index contributed by atoms with van der Waals surface area (Å²) in [5.74, 6) is -0.241. The lowest BCUT2D eigenvalue weighted by molar-refractivity contribution is -0.384. The molecule has 0 spiro atoms. The van der Waals surface area contributed by atoms with Crippen LogP contribution in [0.25, 0.3) is 11.6 Å². The average Bonchev–Trinajstić information content (AvgIpc) is 2.66. The third-order valence-corrected chi connectivity index (χ3v) is 4.22. The van der Waals surface area contributed by atoms with E-state index in [1.54, 1.807) is 18.2 Å². The van der Waals surface area contributed by atoms with E-state index < -0.39 is 4.92 Å². The van der Waals surface area contributed by atoms with Crippen LogP contribution in [0.1, 0.15) is 22.3 Å². The first kappa shape index (κ1) is 19.0. The van der Waals surface area contributed by atoms with E-state index in [1.807, 2.05) is 62.4 Å². The van der Waals surface area contributed by atoms with Gasteiger partial charge in [-0.1, -0.05) is 36.4 Å². The predicted molar refractivity (Wildman–Crippen MR) is 112 cm³/mol. The van der Waals surface area contributed by atoms with E-state index in [0.29, 0.717) is 11.1 Å². The predicted octanol–water partition coefficient (Wildman–Crippen LogP) is 5.39. The molecule has 5 heteroatoms. The number of hydrogen-bond acceptors (Lipinski definition) is 3. The van der Waals surface area contributed by atoms with Gasteiger partial charge in [0.2, 0.25) is 0 Å². The van der Waals surface area contributed by atoms with Crippen molar-refractivity contribution >= 4 is 28.9 Å². The summed E-state index contributed by atoms with van der Waals surface area (Å²) in [7, 11) is 0. The molecule has 3 aromatic rings. The van der Waals surface area contributed by atoms with Crippen LogP contribution < -0.4 is 5.32 Å². The highest BCUT2D eigenvalue weighted by atomic mass is 16.6. The molecule has 3 rings (SSSR count). The molecule has 0 aromatic heterocycles. The van der Waals surface area contributed by atoms with Gasteiger partial charge >= 0.3 is 0 Å². The molecule has 0 saturated carbocycles. The Labute approximate surface area is 163 Å². The fourth-order valence-electron chi connectivity index (χ4n) is 3.00. The van der Waals surface area contributed by atoms with Gasteiger partial charge < -0.3 is 5.32 Å². The van der Waals surface area contributed by atoms with Crippen LogP contribution in [-0.4, -0.2) is 10.8 Å². The van der Waals surface area contributed by atoms with E-state index in [4.69, 9.17) is 0 Å². The lowest BCUT2D eigenvalue weighted by atomic mass is 10.0. The number of aryl methyl sites for hydroxylation is 2. The molecule has 0 saturated heterocycles. The van der Waals surface area contributed by atoms with E-state index >= 15 is 0 Å². The zero-order chi connectivity index (χ0) is 20.1. The summed E-state index contributed by atoms with van der Waals surface area (Å²) in [5, 5.41) is 13.8. The van der Waals surface area contributed by atoms with Crippen LogP contribution in [-0.2, 0) is 4.79 Å². The Balaban J connectivity index is 1.97. The number of nitro benzene ring substituents is 1. The normalized spacial score (nSPS) is 11.1. The van der Waals surface area contributed by atoms with Gasteiger partial charge in [0, 0.05) is 23.4 Å². The van der Waals surface area contributed by atoms with Crippen LogP contribution in [0, 0.1) is 24.0 Å². The molecule has 0 radical (unpaired) electrons. The van der Waals surface area contributed by atoms with Crippen molar-refractivity contribution in [3.05, 3.63) is 105 Å². The van der Waals surface area contributed by atoms with Crippen molar-refractivity contribution < 1.29 is 9.72 Å². The Morgan fingerprint density at radius 1 is 0.929 bits per heavy atom. The van der Waals surface area contributed by atoms with Crippen LogP contribution in [0.4, 0.5) is 11.4 Å². The van der Waals surface area contributed by atoms with Gasteiger partial charge in [0.25, 0.3) is 11.6 Å². The first-order valence-corrected chi connectivity index (χ1v) is 8.83. The van der Waals surface area contributed by atoms with E-state index in [9.17, 15) is 14.9 Å². The van der Waals surface area contributed by atoms with Gasteiger partial charge in [-0.2, -0.15) is 0 Å². The molecule has 0 heterocycles. The number of anilines is 1. The van der Waals surface area contributed by atoms with E-state index in [2.05, 4.69) is 5.32 Å². The molecule has 1 N–H and O–H groups in total. The van der Waals surface area contributed by atoms with Crippen LogP contribution in [0.5, 0.6) is 0 Å². The largest absolute Gasteiger partial charge is 0.322 e. The molecule has 1 amide bonds. The lowest BCUT2D eigenvalue weighted by Gasteiger charge is -2.11. The topological polar surface area (TPSA) is 72.2 Å². The zero-order valence-corrected chi connectivity index (χ0v) is 15.7. The SMILES string of the molecule is Cc1cc(C)cc(NC(=O)/C(=C/c2ccc([N+](=O)[O-])cc2)c2ccccc2)c1. The van der Waals surface area contributed by atoms with Gasteiger partial charge in [-0.15, -0.1) is 0 Å². The van der Waals surface area contributed by atoms with Crippen molar-refractivity contribution in [1.29, 1.82) is 0 Å². The highest BCUT2D eigenvalue weighted by Crippen LogP contribution is 2.23. The molecule has 140 valence electrons. The maximum atomic E-state index is 13.0. The van der Waals surface area contributed by atoms with E-state index in [1.165, 1.54) is 12.1 Å². The number of benzene rings is 3. The minimum Gasteiger partial charge on any atom is -0.322 e. The molecule has 0 fully saturated rings. The summed E-state index contributed by atoms with van der Waals surface area (Å²) < 4.78 is 0. The maximum Gasteiger partial charge on any atom is 0.269 e. The molecule has 0 unspecified atom stereocenters. The van der Waals surface area contributed by atoms with E-state index in [0.717, 1.165) is 22.4 Å². The summed E-state index contributed by atoms with van der Waals surface area (Å²) >= 11 is 0. The number of carbonyl (C=O) groups excluding carboxylic acids is 1. The molecule has 5 nitrogen and oxygen atoms in total. The number of nitrogens with one attached hydrogen (secondary N) is 1. The second kappa shape index (κ2) is 8.31. The monoisotopic (exact) mass is 372 g/mol. The third kappa shape index (κ3) is 4.71. The minimum atomic E-state index is -0.446. The Morgan fingerprint density at radius 2 is 1.54 bits per heavy atom. The molecular weight excluding hydrogens is 352 g/mol. The molecule has 28 heavy (non-hydrogen) atoms. The first-order valence-electron chi connectivity index (χ1n) is 8.83. The summed E-state index contributed by atoms with van der Waals surface area (Å²) in [4.78, 5) is 23.4. The first-order chi connectivity index (χ1) is 13.4. The number of rotatable bonds is 5. The van der Waals surface area contributed by atoms with Crippen molar-refractivity contribution in [3.63, 3.8) is 0 Å². The summed E-state index contributed by atoms with van der Waals surface area (Å²) in [6.07, 6.45) is 1.73. The van der Waals surface area contributed by atoms with Gasteiger partial charge in [0.15, 0.2) is 0 Å². The van der Waals surface area contributed by atoms with Crippen molar-refractivity contribution in [3.8, 4) is 0 Å². The Kier molecular flexibility index (Phi) is 5.65. The van der Waals surface area contributed by atoms with Gasteiger partial charge in [0.1, 0.15) is 0 Å².